The molecule has 0 saturated carbocycles. The van der Waals surface area contributed by atoms with Crippen molar-refractivity contribution in [3.63, 3.8) is 0 Å². The summed E-state index contributed by atoms with van der Waals surface area (Å²) in [6.07, 6.45) is 0. The summed E-state index contributed by atoms with van der Waals surface area (Å²) in [6.45, 7) is 0. The summed E-state index contributed by atoms with van der Waals surface area (Å²) < 4.78 is 6.02. The number of alkyl halides is 1. The van der Waals surface area contributed by atoms with Crippen LogP contribution in [0.4, 0.5) is 0 Å². The minimum absolute atomic E-state index is 0.639. The molecule has 0 aliphatic heterocycles. The molecule has 3 heteroatoms. The van der Waals surface area contributed by atoms with Crippen molar-refractivity contribution in [2.75, 3.05) is 7.11 Å². The number of nitriles is 1. The van der Waals surface area contributed by atoms with E-state index >= 15 is 0 Å². The number of benzene rings is 1. The van der Waals surface area contributed by atoms with Crippen LogP contribution >= 0.6 is 22.6 Å². The Kier molecular flexibility index (Phi) is 3.35. The van der Waals surface area contributed by atoms with Gasteiger partial charge in [0.15, 0.2) is 0 Å². The highest BCUT2D eigenvalue weighted by Gasteiger charge is 2.01. The predicted molar refractivity (Wildman–Crippen MR) is 55.4 cm³/mol. The molecule has 0 fully saturated rings. The number of hydrogen-bond acceptors (Lipinski definition) is 2. The molecule has 0 aliphatic rings. The molecule has 0 atom stereocenters. The fourth-order valence-electron chi connectivity index (χ4n) is 0.925. The van der Waals surface area contributed by atoms with Crippen LogP contribution in [-0.2, 0) is 4.43 Å². The third kappa shape index (κ3) is 1.89. The first-order valence-corrected chi connectivity index (χ1v) is 4.97. The Hall–Kier alpha value is -0.760. The molecule has 0 spiro atoms. The van der Waals surface area contributed by atoms with E-state index in [9.17, 15) is 0 Å². The molecule has 0 bridgehead atoms. The summed E-state index contributed by atoms with van der Waals surface area (Å²) >= 11 is 2.26. The van der Waals surface area contributed by atoms with Crippen LogP contribution in [0.5, 0.6) is 5.75 Å². The fraction of sp³-hybridized carbons (Fsp3) is 0.222. The van der Waals surface area contributed by atoms with E-state index in [0.29, 0.717) is 5.56 Å². The van der Waals surface area contributed by atoms with E-state index in [1.54, 1.807) is 19.2 Å². The second kappa shape index (κ2) is 4.31. The molecular formula is C9H8INO. The molecule has 1 aromatic rings. The monoisotopic (exact) mass is 273 g/mol. The maximum Gasteiger partial charge on any atom is 0.124 e. The van der Waals surface area contributed by atoms with Gasteiger partial charge in [0.05, 0.1) is 18.7 Å². The highest BCUT2D eigenvalue weighted by molar-refractivity contribution is 14.1. The number of rotatable bonds is 2. The molecule has 0 aromatic heterocycles. The van der Waals surface area contributed by atoms with Gasteiger partial charge in [0.2, 0.25) is 0 Å². The third-order valence-electron chi connectivity index (χ3n) is 1.56. The van der Waals surface area contributed by atoms with Crippen LogP contribution in [0.15, 0.2) is 18.2 Å². The highest BCUT2D eigenvalue weighted by atomic mass is 127. The molecule has 0 aliphatic carbocycles. The van der Waals surface area contributed by atoms with Crippen molar-refractivity contribution in [2.45, 2.75) is 4.43 Å². The van der Waals surface area contributed by atoms with Gasteiger partial charge in [0, 0.05) is 9.99 Å². The number of nitrogens with zero attached hydrogens (tertiary/aromatic N) is 1. The van der Waals surface area contributed by atoms with Gasteiger partial charge in [-0.15, -0.1) is 0 Å². The molecule has 1 aromatic carbocycles. The van der Waals surface area contributed by atoms with E-state index in [1.807, 2.05) is 6.07 Å². The van der Waals surface area contributed by atoms with Gasteiger partial charge in [-0.3, -0.25) is 0 Å². The van der Waals surface area contributed by atoms with Crippen molar-refractivity contribution >= 4 is 22.6 Å². The van der Waals surface area contributed by atoms with E-state index in [0.717, 1.165) is 15.7 Å². The van der Waals surface area contributed by atoms with Crippen molar-refractivity contribution in [1.29, 1.82) is 5.26 Å². The first kappa shape index (κ1) is 9.33. The summed E-state index contributed by atoms with van der Waals surface area (Å²) in [4.78, 5) is 0. The summed E-state index contributed by atoms with van der Waals surface area (Å²) in [5.41, 5.74) is 1.76. The van der Waals surface area contributed by atoms with Gasteiger partial charge in [-0.2, -0.15) is 5.26 Å². The van der Waals surface area contributed by atoms with Gasteiger partial charge >= 0.3 is 0 Å². The van der Waals surface area contributed by atoms with Gasteiger partial charge in [0.25, 0.3) is 0 Å². The smallest absolute Gasteiger partial charge is 0.124 e. The first-order valence-electron chi connectivity index (χ1n) is 3.44. The minimum Gasteiger partial charge on any atom is -0.496 e. The van der Waals surface area contributed by atoms with Crippen LogP contribution < -0.4 is 4.74 Å². The molecule has 1 rings (SSSR count). The number of methoxy groups -OCH3 is 1. The van der Waals surface area contributed by atoms with E-state index in [4.69, 9.17) is 10.00 Å². The molecule has 12 heavy (non-hydrogen) atoms. The van der Waals surface area contributed by atoms with E-state index in [2.05, 4.69) is 28.7 Å². The quantitative estimate of drug-likeness (QED) is 0.612. The molecule has 62 valence electrons. The Bertz CT molecular complexity index is 317. The zero-order valence-corrected chi connectivity index (χ0v) is 8.83. The number of hydrogen-bond donors (Lipinski definition) is 0. The summed E-state index contributed by atoms with van der Waals surface area (Å²) in [6, 6.07) is 7.55. The van der Waals surface area contributed by atoms with Gasteiger partial charge in [-0.25, -0.2) is 0 Å². The van der Waals surface area contributed by atoms with E-state index < -0.39 is 0 Å². The number of ether oxygens (including phenoxy) is 1. The zero-order valence-electron chi connectivity index (χ0n) is 6.67. The SMILES string of the molecule is COc1cc(C#N)ccc1CI. The van der Waals surface area contributed by atoms with Crippen LogP contribution in [0.3, 0.4) is 0 Å². The van der Waals surface area contributed by atoms with Crippen LogP contribution in [0.2, 0.25) is 0 Å². The summed E-state index contributed by atoms with van der Waals surface area (Å²) in [5, 5.41) is 8.61. The lowest BCUT2D eigenvalue weighted by atomic mass is 10.1. The summed E-state index contributed by atoms with van der Waals surface area (Å²) in [7, 11) is 1.62. The summed E-state index contributed by atoms with van der Waals surface area (Å²) in [5.74, 6) is 0.795. The topological polar surface area (TPSA) is 33.0 Å². The van der Waals surface area contributed by atoms with Crippen LogP contribution in [0.1, 0.15) is 11.1 Å². The minimum atomic E-state index is 0.639. The maximum absolute atomic E-state index is 8.61. The molecule has 2 nitrogen and oxygen atoms in total. The molecule has 0 heterocycles. The van der Waals surface area contributed by atoms with Crippen LogP contribution in [-0.4, -0.2) is 7.11 Å². The molecule has 0 saturated heterocycles. The van der Waals surface area contributed by atoms with Gasteiger partial charge in [-0.05, 0) is 12.1 Å². The first-order chi connectivity index (χ1) is 5.81. The lowest BCUT2D eigenvalue weighted by molar-refractivity contribution is 0.411. The number of halogens is 1. The van der Waals surface area contributed by atoms with Gasteiger partial charge < -0.3 is 4.74 Å². The van der Waals surface area contributed by atoms with Crippen LogP contribution in [0.25, 0.3) is 0 Å². The Morgan fingerprint density at radius 1 is 1.58 bits per heavy atom. The van der Waals surface area contributed by atoms with E-state index in [1.165, 1.54) is 0 Å². The van der Waals surface area contributed by atoms with Gasteiger partial charge in [0.1, 0.15) is 5.75 Å². The van der Waals surface area contributed by atoms with Gasteiger partial charge in [-0.1, -0.05) is 28.7 Å². The predicted octanol–water partition coefficient (Wildman–Crippen LogP) is 2.50. The van der Waals surface area contributed by atoms with Crippen molar-refractivity contribution in [3.8, 4) is 11.8 Å². The standard InChI is InChI=1S/C9H8INO/c1-12-9-4-7(6-11)2-3-8(9)5-10/h2-4H,5H2,1H3. The Morgan fingerprint density at radius 2 is 2.33 bits per heavy atom. The molecular weight excluding hydrogens is 265 g/mol. The largest absolute Gasteiger partial charge is 0.496 e. The fourth-order valence-corrected chi connectivity index (χ4v) is 1.55. The Morgan fingerprint density at radius 3 is 2.83 bits per heavy atom. The Balaban J connectivity index is 3.13. The molecule has 0 N–H and O–H groups in total. The Labute approximate surface area is 85.3 Å². The lowest BCUT2D eigenvalue weighted by Crippen LogP contribution is -1.89. The second-order valence-electron chi connectivity index (χ2n) is 2.27. The second-order valence-corrected chi connectivity index (χ2v) is 3.03. The third-order valence-corrected chi connectivity index (χ3v) is 2.38. The van der Waals surface area contributed by atoms with Crippen molar-refractivity contribution in [1.82, 2.24) is 0 Å². The van der Waals surface area contributed by atoms with Crippen molar-refractivity contribution < 1.29 is 4.74 Å². The molecule has 0 amide bonds. The van der Waals surface area contributed by atoms with E-state index in [-0.39, 0.29) is 0 Å². The average Bonchev–Trinajstić information content (AvgIpc) is 2.16. The molecule has 0 radical (unpaired) electrons. The average molecular weight is 273 g/mol. The van der Waals surface area contributed by atoms with Crippen molar-refractivity contribution in [3.05, 3.63) is 29.3 Å². The lowest BCUT2D eigenvalue weighted by Gasteiger charge is -2.04. The highest BCUT2D eigenvalue weighted by Crippen LogP contribution is 2.22. The zero-order chi connectivity index (χ0) is 8.97. The molecule has 0 unspecified atom stereocenters. The maximum atomic E-state index is 8.61. The normalized spacial score (nSPS) is 9.08. The van der Waals surface area contributed by atoms with Crippen LogP contribution in [0, 0.1) is 11.3 Å². The van der Waals surface area contributed by atoms with Crippen molar-refractivity contribution in [2.24, 2.45) is 0 Å².